The van der Waals surface area contributed by atoms with E-state index in [2.05, 4.69) is 15.4 Å². The summed E-state index contributed by atoms with van der Waals surface area (Å²) in [5, 5.41) is 13.2. The van der Waals surface area contributed by atoms with Gasteiger partial charge in [0, 0.05) is 5.56 Å². The third-order valence-electron chi connectivity index (χ3n) is 2.65. The Morgan fingerprint density at radius 3 is 2.62 bits per heavy atom. The first kappa shape index (κ1) is 14.9. The predicted octanol–water partition coefficient (Wildman–Crippen LogP) is 1.58. The van der Waals surface area contributed by atoms with Gasteiger partial charge >= 0.3 is 6.18 Å². The molecule has 0 bridgehead atoms. The number of aromatic nitrogens is 4. The summed E-state index contributed by atoms with van der Waals surface area (Å²) in [5.41, 5.74) is 0.701. The maximum Gasteiger partial charge on any atom is 0.405 e. The van der Waals surface area contributed by atoms with E-state index in [9.17, 15) is 18.0 Å². The number of rotatable bonds is 4. The van der Waals surface area contributed by atoms with E-state index < -0.39 is 24.7 Å². The van der Waals surface area contributed by atoms with Crippen molar-refractivity contribution < 1.29 is 18.0 Å². The molecule has 0 aliphatic rings. The van der Waals surface area contributed by atoms with Gasteiger partial charge in [-0.2, -0.15) is 18.0 Å². The van der Waals surface area contributed by atoms with Crippen LogP contribution in [0.3, 0.4) is 0 Å². The molecule has 1 heterocycles. The van der Waals surface area contributed by atoms with Crippen LogP contribution in [0.25, 0.3) is 11.4 Å². The highest BCUT2D eigenvalue weighted by Crippen LogP contribution is 2.15. The van der Waals surface area contributed by atoms with Crippen LogP contribution in [0, 0.1) is 0 Å². The summed E-state index contributed by atoms with van der Waals surface area (Å²) in [4.78, 5) is 12.6. The quantitative estimate of drug-likeness (QED) is 0.930. The van der Waals surface area contributed by atoms with Crippen LogP contribution >= 0.6 is 0 Å². The highest BCUT2D eigenvalue weighted by Gasteiger charge is 2.29. The van der Waals surface area contributed by atoms with E-state index in [4.69, 9.17) is 0 Å². The third kappa shape index (κ3) is 4.01. The topological polar surface area (TPSA) is 72.7 Å². The van der Waals surface area contributed by atoms with Crippen LogP contribution in [0.2, 0.25) is 0 Å². The Hall–Kier alpha value is -2.45. The molecular formula is C12H12F3N5O. The lowest BCUT2D eigenvalue weighted by Crippen LogP contribution is -2.38. The summed E-state index contributed by atoms with van der Waals surface area (Å²) in [5.74, 6) is -0.532. The third-order valence-corrected chi connectivity index (χ3v) is 2.65. The standard InChI is InChI=1S/C12H12F3N5O/c1-8(11(21)16-7-12(13,14)15)20-18-10(17-19-20)9-5-3-2-4-6-9/h2-6,8H,7H2,1H3,(H,16,21). The van der Waals surface area contributed by atoms with Crippen molar-refractivity contribution in [2.45, 2.75) is 19.1 Å². The van der Waals surface area contributed by atoms with Crippen LogP contribution in [-0.2, 0) is 4.79 Å². The largest absolute Gasteiger partial charge is 0.405 e. The van der Waals surface area contributed by atoms with Gasteiger partial charge in [0.25, 0.3) is 0 Å². The normalized spacial score (nSPS) is 13.0. The summed E-state index contributed by atoms with van der Waals surface area (Å²) in [6.07, 6.45) is -4.46. The number of hydrogen-bond donors (Lipinski definition) is 1. The minimum atomic E-state index is -4.46. The number of carbonyl (C=O) groups is 1. The zero-order valence-electron chi connectivity index (χ0n) is 11.0. The summed E-state index contributed by atoms with van der Waals surface area (Å²) >= 11 is 0. The van der Waals surface area contributed by atoms with Gasteiger partial charge in [-0.3, -0.25) is 4.79 Å². The minimum absolute atomic E-state index is 0.297. The van der Waals surface area contributed by atoms with Crippen molar-refractivity contribution in [2.24, 2.45) is 0 Å². The van der Waals surface area contributed by atoms with Gasteiger partial charge in [0.1, 0.15) is 12.6 Å². The molecule has 1 aromatic heterocycles. The van der Waals surface area contributed by atoms with Crippen molar-refractivity contribution in [3.05, 3.63) is 30.3 Å². The van der Waals surface area contributed by atoms with Crippen molar-refractivity contribution in [1.82, 2.24) is 25.5 Å². The molecule has 112 valence electrons. The van der Waals surface area contributed by atoms with Crippen LogP contribution in [0.1, 0.15) is 13.0 Å². The molecule has 1 amide bonds. The molecule has 9 heteroatoms. The van der Waals surface area contributed by atoms with Crippen LogP contribution in [0.4, 0.5) is 13.2 Å². The van der Waals surface area contributed by atoms with Gasteiger partial charge < -0.3 is 5.32 Å². The molecule has 0 aliphatic carbocycles. The molecule has 0 saturated carbocycles. The Kier molecular flexibility index (Phi) is 4.20. The number of tetrazole rings is 1. The molecule has 21 heavy (non-hydrogen) atoms. The molecular weight excluding hydrogens is 287 g/mol. The minimum Gasteiger partial charge on any atom is -0.345 e. The molecule has 0 fully saturated rings. The molecule has 1 N–H and O–H groups in total. The average molecular weight is 299 g/mol. The second-order valence-electron chi connectivity index (χ2n) is 4.31. The first-order valence-corrected chi connectivity index (χ1v) is 6.06. The summed E-state index contributed by atoms with van der Waals surface area (Å²) in [7, 11) is 0. The number of nitrogens with zero attached hydrogens (tertiary/aromatic N) is 4. The Balaban J connectivity index is 2.05. The second kappa shape index (κ2) is 5.90. The van der Waals surface area contributed by atoms with Crippen molar-refractivity contribution in [3.63, 3.8) is 0 Å². The molecule has 0 aliphatic heterocycles. The first-order chi connectivity index (χ1) is 9.87. The number of nitrogens with one attached hydrogen (secondary N) is 1. The van der Waals surface area contributed by atoms with Gasteiger partial charge in [-0.05, 0) is 12.1 Å². The van der Waals surface area contributed by atoms with E-state index >= 15 is 0 Å². The molecule has 2 aromatic rings. The fraction of sp³-hybridized carbons (Fsp3) is 0.333. The highest BCUT2D eigenvalue weighted by atomic mass is 19.4. The molecule has 0 radical (unpaired) electrons. The predicted molar refractivity (Wildman–Crippen MR) is 67.0 cm³/mol. The Labute approximate surface area is 118 Å². The number of carbonyl (C=O) groups excluding carboxylic acids is 1. The van der Waals surface area contributed by atoms with E-state index in [0.29, 0.717) is 11.4 Å². The SMILES string of the molecule is CC(C(=O)NCC(F)(F)F)n1nnc(-c2ccccc2)n1. The maximum atomic E-state index is 12.0. The molecule has 0 spiro atoms. The first-order valence-electron chi connectivity index (χ1n) is 6.06. The van der Waals surface area contributed by atoms with Gasteiger partial charge in [-0.15, -0.1) is 10.2 Å². The fourth-order valence-electron chi connectivity index (χ4n) is 1.53. The Morgan fingerprint density at radius 2 is 2.00 bits per heavy atom. The number of alkyl halides is 3. The summed E-state index contributed by atoms with van der Waals surface area (Å²) < 4.78 is 36.1. The molecule has 6 nitrogen and oxygen atoms in total. The van der Waals surface area contributed by atoms with Crippen LogP contribution < -0.4 is 5.32 Å². The molecule has 1 atom stereocenters. The fourth-order valence-corrected chi connectivity index (χ4v) is 1.53. The van der Waals surface area contributed by atoms with E-state index in [0.717, 1.165) is 4.80 Å². The molecule has 0 saturated heterocycles. The molecule has 1 unspecified atom stereocenters. The zero-order chi connectivity index (χ0) is 15.5. The highest BCUT2D eigenvalue weighted by molar-refractivity contribution is 5.79. The zero-order valence-corrected chi connectivity index (χ0v) is 11.0. The van der Waals surface area contributed by atoms with E-state index in [1.807, 2.05) is 6.07 Å². The lowest BCUT2D eigenvalue weighted by Gasteiger charge is -2.12. The van der Waals surface area contributed by atoms with Crippen molar-refractivity contribution >= 4 is 5.91 Å². The lowest BCUT2D eigenvalue weighted by molar-refractivity contribution is -0.140. The van der Waals surface area contributed by atoms with Crippen LogP contribution in [-0.4, -0.2) is 38.8 Å². The van der Waals surface area contributed by atoms with Crippen LogP contribution in [0.5, 0.6) is 0 Å². The lowest BCUT2D eigenvalue weighted by atomic mass is 10.2. The maximum absolute atomic E-state index is 12.0. The Morgan fingerprint density at radius 1 is 1.33 bits per heavy atom. The number of halogens is 3. The van der Waals surface area contributed by atoms with Crippen molar-refractivity contribution in [1.29, 1.82) is 0 Å². The number of hydrogen-bond acceptors (Lipinski definition) is 4. The monoisotopic (exact) mass is 299 g/mol. The van der Waals surface area contributed by atoms with Gasteiger partial charge in [-0.1, -0.05) is 30.3 Å². The van der Waals surface area contributed by atoms with Crippen molar-refractivity contribution in [3.8, 4) is 11.4 Å². The van der Waals surface area contributed by atoms with Gasteiger partial charge in [0.05, 0.1) is 0 Å². The summed E-state index contributed by atoms with van der Waals surface area (Å²) in [6, 6.07) is 7.93. The summed E-state index contributed by atoms with van der Waals surface area (Å²) in [6.45, 7) is -0.00141. The second-order valence-corrected chi connectivity index (χ2v) is 4.31. The Bertz CT molecular complexity index is 611. The van der Waals surface area contributed by atoms with Gasteiger partial charge in [0.2, 0.25) is 11.7 Å². The average Bonchev–Trinajstić information content (AvgIpc) is 2.94. The van der Waals surface area contributed by atoms with E-state index in [1.165, 1.54) is 6.92 Å². The van der Waals surface area contributed by atoms with E-state index in [1.54, 1.807) is 29.6 Å². The smallest absolute Gasteiger partial charge is 0.345 e. The van der Waals surface area contributed by atoms with Gasteiger partial charge in [-0.25, -0.2) is 0 Å². The van der Waals surface area contributed by atoms with Crippen LogP contribution in [0.15, 0.2) is 30.3 Å². The molecule has 2 rings (SSSR count). The van der Waals surface area contributed by atoms with E-state index in [-0.39, 0.29) is 0 Å². The number of benzene rings is 1. The number of amides is 1. The van der Waals surface area contributed by atoms with Gasteiger partial charge in [0.15, 0.2) is 0 Å². The van der Waals surface area contributed by atoms with Crippen molar-refractivity contribution in [2.75, 3.05) is 6.54 Å². The molecule has 1 aromatic carbocycles.